The van der Waals surface area contributed by atoms with E-state index in [-0.39, 0.29) is 5.41 Å². The highest BCUT2D eigenvalue weighted by Crippen LogP contribution is 2.46. The minimum absolute atomic E-state index is 0.200. The average molecular weight is 276 g/mol. The van der Waals surface area contributed by atoms with Crippen LogP contribution in [0.5, 0.6) is 0 Å². The number of hydrogen-bond acceptors (Lipinski definition) is 3. The first-order chi connectivity index (χ1) is 6.65. The number of aliphatic hydroxyl groups excluding tert-OH is 1. The Kier molecular flexibility index (Phi) is 2.86. The quantitative estimate of drug-likeness (QED) is 0.914. The minimum atomic E-state index is 0.200. The number of hydrogen-bond donors (Lipinski definition) is 1. The van der Waals surface area contributed by atoms with E-state index in [0.717, 1.165) is 11.0 Å². The topological polar surface area (TPSA) is 23.5 Å². The first-order valence-electron chi connectivity index (χ1n) is 4.71. The Morgan fingerprint density at radius 2 is 2.36 bits per heavy atom. The van der Waals surface area contributed by atoms with E-state index >= 15 is 0 Å². The third-order valence-electron chi connectivity index (χ3n) is 2.79. The Hall–Kier alpha value is -0.0600. The zero-order chi connectivity index (χ0) is 10.2. The highest BCUT2D eigenvalue weighted by atomic mass is 79.9. The molecule has 0 saturated heterocycles. The highest BCUT2D eigenvalue weighted by Gasteiger charge is 2.42. The maximum Gasteiger partial charge on any atom is 0.0917 e. The third-order valence-corrected chi connectivity index (χ3v) is 4.60. The van der Waals surface area contributed by atoms with Crippen LogP contribution in [0.25, 0.3) is 0 Å². The van der Waals surface area contributed by atoms with Gasteiger partial charge in [-0.25, -0.2) is 0 Å². The summed E-state index contributed by atoms with van der Waals surface area (Å²) < 4.78 is 1.14. The van der Waals surface area contributed by atoms with Crippen LogP contribution in [-0.2, 0) is 0 Å². The second kappa shape index (κ2) is 3.83. The second-order valence-electron chi connectivity index (χ2n) is 4.12. The summed E-state index contributed by atoms with van der Waals surface area (Å²) in [7, 11) is 2.09. The molecule has 2 nitrogen and oxygen atoms in total. The Morgan fingerprint density at radius 1 is 1.64 bits per heavy atom. The molecule has 0 radical (unpaired) electrons. The number of thiophene rings is 1. The smallest absolute Gasteiger partial charge is 0.0917 e. The van der Waals surface area contributed by atoms with Crippen molar-refractivity contribution >= 4 is 32.3 Å². The van der Waals surface area contributed by atoms with E-state index in [4.69, 9.17) is 0 Å². The van der Waals surface area contributed by atoms with Gasteiger partial charge in [0.15, 0.2) is 0 Å². The number of halogens is 1. The number of aliphatic hydroxyl groups is 1. The van der Waals surface area contributed by atoms with Gasteiger partial charge in [-0.3, -0.25) is 0 Å². The molecular formula is C10H14BrNOS. The van der Waals surface area contributed by atoms with Gasteiger partial charge in [-0.05, 0) is 34.8 Å². The van der Waals surface area contributed by atoms with Gasteiger partial charge in [-0.1, -0.05) is 0 Å². The molecule has 1 heterocycles. The molecule has 1 aromatic rings. The molecule has 4 heteroatoms. The number of rotatable bonds is 4. The normalized spacial score (nSPS) is 18.2. The van der Waals surface area contributed by atoms with Crippen molar-refractivity contribution < 1.29 is 5.11 Å². The van der Waals surface area contributed by atoms with Gasteiger partial charge in [0.25, 0.3) is 0 Å². The standard InChI is InChI=1S/C10H14BrNOS/c1-12(6-10(7-13)2-3-10)9-4-8(11)5-14-9/h4-5,13H,2-3,6-7H2,1H3. The molecule has 0 unspecified atom stereocenters. The molecule has 78 valence electrons. The van der Waals surface area contributed by atoms with Gasteiger partial charge in [0, 0.05) is 28.9 Å². The van der Waals surface area contributed by atoms with Crippen molar-refractivity contribution in [3.05, 3.63) is 15.9 Å². The van der Waals surface area contributed by atoms with Gasteiger partial charge < -0.3 is 10.0 Å². The molecule has 2 rings (SSSR count). The SMILES string of the molecule is CN(CC1(CO)CC1)c1cc(Br)cs1. The van der Waals surface area contributed by atoms with Gasteiger partial charge in [0.1, 0.15) is 0 Å². The molecule has 0 aliphatic heterocycles. The molecule has 0 atom stereocenters. The van der Waals surface area contributed by atoms with E-state index in [2.05, 4.69) is 39.3 Å². The fraction of sp³-hybridized carbons (Fsp3) is 0.600. The highest BCUT2D eigenvalue weighted by molar-refractivity contribution is 9.10. The van der Waals surface area contributed by atoms with Crippen molar-refractivity contribution in [2.24, 2.45) is 5.41 Å². The number of anilines is 1. The molecule has 1 saturated carbocycles. The van der Waals surface area contributed by atoms with Crippen LogP contribution >= 0.6 is 27.3 Å². The van der Waals surface area contributed by atoms with Crippen LogP contribution in [0.1, 0.15) is 12.8 Å². The number of nitrogens with zero attached hydrogens (tertiary/aromatic N) is 1. The van der Waals surface area contributed by atoms with Crippen LogP contribution in [0.15, 0.2) is 15.9 Å². The summed E-state index contributed by atoms with van der Waals surface area (Å²) >= 11 is 5.18. The van der Waals surface area contributed by atoms with Gasteiger partial charge in [-0.15, -0.1) is 11.3 Å². The average Bonchev–Trinajstić information content (AvgIpc) is 2.80. The van der Waals surface area contributed by atoms with E-state index in [1.165, 1.54) is 17.8 Å². The summed E-state index contributed by atoms with van der Waals surface area (Å²) in [6, 6.07) is 2.12. The Bertz CT molecular complexity index is 322. The Labute approximate surface area is 96.7 Å². The molecular weight excluding hydrogens is 262 g/mol. The molecule has 1 fully saturated rings. The lowest BCUT2D eigenvalue weighted by Gasteiger charge is -2.22. The van der Waals surface area contributed by atoms with E-state index in [9.17, 15) is 5.11 Å². The van der Waals surface area contributed by atoms with Crippen molar-refractivity contribution in [3.8, 4) is 0 Å². The van der Waals surface area contributed by atoms with Crippen molar-refractivity contribution in [1.82, 2.24) is 0 Å². The minimum Gasteiger partial charge on any atom is -0.396 e. The van der Waals surface area contributed by atoms with Crippen LogP contribution in [-0.4, -0.2) is 25.3 Å². The van der Waals surface area contributed by atoms with Crippen molar-refractivity contribution in [2.45, 2.75) is 12.8 Å². The monoisotopic (exact) mass is 275 g/mol. The van der Waals surface area contributed by atoms with E-state index in [0.29, 0.717) is 6.61 Å². The summed E-state index contributed by atoms with van der Waals surface area (Å²) in [5.41, 5.74) is 0.200. The first kappa shape index (κ1) is 10.5. The summed E-state index contributed by atoms with van der Waals surface area (Å²) in [6.45, 7) is 1.29. The molecule has 1 N–H and O–H groups in total. The molecule has 1 aromatic heterocycles. The Morgan fingerprint density at radius 3 is 2.79 bits per heavy atom. The lowest BCUT2D eigenvalue weighted by molar-refractivity contribution is 0.215. The van der Waals surface area contributed by atoms with E-state index in [1.807, 2.05) is 0 Å². The van der Waals surface area contributed by atoms with Crippen molar-refractivity contribution in [2.75, 3.05) is 25.1 Å². The summed E-state index contributed by atoms with van der Waals surface area (Å²) in [4.78, 5) is 2.23. The van der Waals surface area contributed by atoms with Crippen molar-refractivity contribution in [3.63, 3.8) is 0 Å². The zero-order valence-electron chi connectivity index (χ0n) is 8.16. The lowest BCUT2D eigenvalue weighted by Crippen LogP contribution is -2.27. The maximum absolute atomic E-state index is 9.23. The van der Waals surface area contributed by atoms with Gasteiger partial charge in [-0.2, -0.15) is 0 Å². The van der Waals surface area contributed by atoms with Crippen LogP contribution in [0.2, 0.25) is 0 Å². The fourth-order valence-electron chi connectivity index (χ4n) is 1.63. The van der Waals surface area contributed by atoms with Crippen LogP contribution in [0.3, 0.4) is 0 Å². The second-order valence-corrected chi connectivity index (χ2v) is 5.92. The van der Waals surface area contributed by atoms with Gasteiger partial charge >= 0.3 is 0 Å². The maximum atomic E-state index is 9.23. The molecule has 0 bridgehead atoms. The van der Waals surface area contributed by atoms with Gasteiger partial charge in [0.05, 0.1) is 11.6 Å². The van der Waals surface area contributed by atoms with Crippen LogP contribution < -0.4 is 4.90 Å². The summed E-state index contributed by atoms with van der Waals surface area (Å²) in [5.74, 6) is 0. The van der Waals surface area contributed by atoms with Gasteiger partial charge in [0.2, 0.25) is 0 Å². The predicted octanol–water partition coefficient (Wildman–Crippen LogP) is 2.72. The molecule has 14 heavy (non-hydrogen) atoms. The zero-order valence-corrected chi connectivity index (χ0v) is 10.6. The molecule has 1 aliphatic carbocycles. The van der Waals surface area contributed by atoms with Crippen molar-refractivity contribution in [1.29, 1.82) is 0 Å². The molecule has 1 aliphatic rings. The molecule has 0 amide bonds. The third kappa shape index (κ3) is 2.12. The lowest BCUT2D eigenvalue weighted by atomic mass is 10.1. The van der Waals surface area contributed by atoms with E-state index < -0.39 is 0 Å². The summed E-state index contributed by atoms with van der Waals surface area (Å²) in [5, 5.41) is 12.6. The van der Waals surface area contributed by atoms with Crippen LogP contribution in [0.4, 0.5) is 5.00 Å². The molecule has 0 aromatic carbocycles. The summed E-state index contributed by atoms with van der Waals surface area (Å²) in [6.07, 6.45) is 2.33. The molecule has 0 spiro atoms. The van der Waals surface area contributed by atoms with Crippen LogP contribution in [0, 0.1) is 5.41 Å². The Balaban J connectivity index is 1.99. The van der Waals surface area contributed by atoms with E-state index in [1.54, 1.807) is 11.3 Å². The first-order valence-corrected chi connectivity index (χ1v) is 6.38. The fourth-order valence-corrected chi connectivity index (χ4v) is 3.02. The predicted molar refractivity (Wildman–Crippen MR) is 64.0 cm³/mol. The largest absolute Gasteiger partial charge is 0.396 e.